The van der Waals surface area contributed by atoms with Crippen molar-refractivity contribution in [1.82, 2.24) is 4.90 Å². The normalized spacial score (nSPS) is 13.2. The summed E-state index contributed by atoms with van der Waals surface area (Å²) >= 11 is 0. The van der Waals surface area contributed by atoms with Gasteiger partial charge in [0, 0.05) is 6.04 Å². The van der Waals surface area contributed by atoms with Gasteiger partial charge in [-0.2, -0.15) is 0 Å². The van der Waals surface area contributed by atoms with Crippen molar-refractivity contribution in [2.24, 2.45) is 0 Å². The van der Waals surface area contributed by atoms with Crippen LogP contribution in [-0.2, 0) is 9.53 Å². The molecule has 11 heavy (non-hydrogen) atoms. The van der Waals surface area contributed by atoms with Gasteiger partial charge in [0.1, 0.15) is 0 Å². The first kappa shape index (κ1) is 10.4. The summed E-state index contributed by atoms with van der Waals surface area (Å²) in [5.41, 5.74) is 0. The standard InChI is InChI=1S/C8H17NO2/c1-5-11-8(10)6-7(2)9(3)4/h7H,5-6H2,1-4H3/t7-/m0/s1. The predicted octanol–water partition coefficient (Wildman–Crippen LogP) is 0.890. The number of esters is 1. The fraction of sp³-hybridized carbons (Fsp3) is 0.875. The van der Waals surface area contributed by atoms with Gasteiger partial charge in [0.05, 0.1) is 13.0 Å². The summed E-state index contributed by atoms with van der Waals surface area (Å²) in [7, 11) is 3.90. The highest BCUT2D eigenvalue weighted by molar-refractivity contribution is 5.69. The largest absolute Gasteiger partial charge is 0.466 e. The van der Waals surface area contributed by atoms with Gasteiger partial charge in [-0.3, -0.25) is 4.79 Å². The lowest BCUT2D eigenvalue weighted by atomic mass is 10.2. The second-order valence-corrected chi connectivity index (χ2v) is 2.82. The zero-order valence-electron chi connectivity index (χ0n) is 7.76. The van der Waals surface area contributed by atoms with Crippen LogP contribution in [0.1, 0.15) is 20.3 Å². The lowest BCUT2D eigenvalue weighted by Gasteiger charge is -2.18. The monoisotopic (exact) mass is 159 g/mol. The van der Waals surface area contributed by atoms with Crippen LogP contribution in [0.25, 0.3) is 0 Å². The predicted molar refractivity (Wildman–Crippen MR) is 44.4 cm³/mol. The van der Waals surface area contributed by atoms with Crippen LogP contribution in [0.5, 0.6) is 0 Å². The van der Waals surface area contributed by atoms with Crippen molar-refractivity contribution in [3.05, 3.63) is 0 Å². The average Bonchev–Trinajstić information content (AvgIpc) is 1.87. The summed E-state index contributed by atoms with van der Waals surface area (Å²) in [4.78, 5) is 12.9. The third-order valence-electron chi connectivity index (χ3n) is 1.65. The maximum Gasteiger partial charge on any atom is 0.307 e. The molecule has 0 saturated carbocycles. The van der Waals surface area contributed by atoms with Crippen molar-refractivity contribution in [1.29, 1.82) is 0 Å². The molecule has 0 aliphatic carbocycles. The smallest absolute Gasteiger partial charge is 0.307 e. The van der Waals surface area contributed by atoms with E-state index in [0.29, 0.717) is 13.0 Å². The third-order valence-corrected chi connectivity index (χ3v) is 1.65. The molecular formula is C8H17NO2. The van der Waals surface area contributed by atoms with Gasteiger partial charge in [0.25, 0.3) is 0 Å². The number of rotatable bonds is 4. The molecule has 0 aromatic carbocycles. The highest BCUT2D eigenvalue weighted by atomic mass is 16.5. The fourth-order valence-electron chi connectivity index (χ4n) is 0.644. The van der Waals surface area contributed by atoms with E-state index in [4.69, 9.17) is 4.74 Å². The van der Waals surface area contributed by atoms with Crippen LogP contribution in [0.3, 0.4) is 0 Å². The molecule has 0 aliphatic rings. The van der Waals surface area contributed by atoms with Crippen LogP contribution < -0.4 is 0 Å². The van der Waals surface area contributed by atoms with E-state index in [2.05, 4.69) is 0 Å². The minimum atomic E-state index is -0.117. The topological polar surface area (TPSA) is 29.5 Å². The van der Waals surface area contributed by atoms with Gasteiger partial charge < -0.3 is 9.64 Å². The third kappa shape index (κ3) is 4.79. The summed E-state index contributed by atoms with van der Waals surface area (Å²) in [6.07, 6.45) is 0.473. The van der Waals surface area contributed by atoms with Gasteiger partial charge in [-0.15, -0.1) is 0 Å². The van der Waals surface area contributed by atoms with Crippen molar-refractivity contribution < 1.29 is 9.53 Å². The molecule has 0 fully saturated rings. The molecule has 0 aliphatic heterocycles. The Morgan fingerprint density at radius 1 is 1.55 bits per heavy atom. The van der Waals surface area contributed by atoms with Crippen LogP contribution in [0, 0.1) is 0 Å². The molecule has 0 saturated heterocycles. The maximum atomic E-state index is 10.9. The van der Waals surface area contributed by atoms with Gasteiger partial charge in [-0.05, 0) is 27.9 Å². The number of ether oxygens (including phenoxy) is 1. The van der Waals surface area contributed by atoms with Crippen LogP contribution in [0.15, 0.2) is 0 Å². The van der Waals surface area contributed by atoms with E-state index in [9.17, 15) is 4.79 Å². The van der Waals surface area contributed by atoms with Crippen molar-refractivity contribution in [3.63, 3.8) is 0 Å². The van der Waals surface area contributed by atoms with Crippen molar-refractivity contribution in [2.75, 3.05) is 20.7 Å². The van der Waals surface area contributed by atoms with E-state index in [1.54, 1.807) is 0 Å². The van der Waals surface area contributed by atoms with E-state index in [0.717, 1.165) is 0 Å². The number of carbonyl (C=O) groups excluding carboxylic acids is 1. The molecule has 0 bridgehead atoms. The highest BCUT2D eigenvalue weighted by Gasteiger charge is 2.10. The van der Waals surface area contributed by atoms with Crippen molar-refractivity contribution in [2.45, 2.75) is 26.3 Å². The molecule has 0 heterocycles. The molecule has 0 rings (SSSR count). The van der Waals surface area contributed by atoms with Gasteiger partial charge in [0.2, 0.25) is 0 Å². The van der Waals surface area contributed by atoms with Gasteiger partial charge in [0.15, 0.2) is 0 Å². The maximum absolute atomic E-state index is 10.9. The summed E-state index contributed by atoms with van der Waals surface area (Å²) in [5, 5.41) is 0. The Morgan fingerprint density at radius 3 is 2.45 bits per heavy atom. The van der Waals surface area contributed by atoms with Gasteiger partial charge >= 0.3 is 5.97 Å². The first-order chi connectivity index (χ1) is 5.07. The Balaban J connectivity index is 3.57. The number of carbonyl (C=O) groups is 1. The first-order valence-corrected chi connectivity index (χ1v) is 3.90. The number of nitrogens with zero attached hydrogens (tertiary/aromatic N) is 1. The van der Waals surface area contributed by atoms with E-state index in [-0.39, 0.29) is 12.0 Å². The molecule has 3 nitrogen and oxygen atoms in total. The summed E-state index contributed by atoms with van der Waals surface area (Å²) in [6, 6.07) is 0.258. The lowest BCUT2D eigenvalue weighted by Crippen LogP contribution is -2.27. The zero-order chi connectivity index (χ0) is 8.85. The second-order valence-electron chi connectivity index (χ2n) is 2.82. The van der Waals surface area contributed by atoms with Crippen LogP contribution >= 0.6 is 0 Å². The zero-order valence-corrected chi connectivity index (χ0v) is 7.76. The Labute approximate surface area is 68.3 Å². The Bertz CT molecular complexity index is 123. The van der Waals surface area contributed by atoms with E-state index < -0.39 is 0 Å². The van der Waals surface area contributed by atoms with Crippen LogP contribution in [-0.4, -0.2) is 37.6 Å². The molecule has 3 heteroatoms. The second kappa shape index (κ2) is 5.13. The van der Waals surface area contributed by atoms with Crippen molar-refractivity contribution in [3.8, 4) is 0 Å². The van der Waals surface area contributed by atoms with Gasteiger partial charge in [-0.1, -0.05) is 0 Å². The Morgan fingerprint density at radius 2 is 2.09 bits per heavy atom. The lowest BCUT2D eigenvalue weighted by molar-refractivity contribution is -0.144. The Kier molecular flexibility index (Phi) is 4.86. The summed E-state index contributed by atoms with van der Waals surface area (Å²) < 4.78 is 4.80. The molecular weight excluding hydrogens is 142 g/mol. The first-order valence-electron chi connectivity index (χ1n) is 3.90. The molecule has 1 atom stereocenters. The fourth-order valence-corrected chi connectivity index (χ4v) is 0.644. The highest BCUT2D eigenvalue weighted by Crippen LogP contribution is 1.99. The number of hydrogen-bond donors (Lipinski definition) is 0. The molecule has 0 aromatic heterocycles. The van der Waals surface area contributed by atoms with E-state index >= 15 is 0 Å². The molecule has 0 radical (unpaired) electrons. The summed E-state index contributed by atoms with van der Waals surface area (Å²) in [5.74, 6) is -0.117. The molecule has 66 valence electrons. The molecule has 0 N–H and O–H groups in total. The molecule has 0 spiro atoms. The van der Waals surface area contributed by atoms with Crippen LogP contribution in [0.2, 0.25) is 0 Å². The summed E-state index contributed by atoms with van der Waals surface area (Å²) in [6.45, 7) is 4.29. The molecule has 0 unspecified atom stereocenters. The quantitative estimate of drug-likeness (QED) is 0.570. The average molecular weight is 159 g/mol. The Hall–Kier alpha value is -0.570. The minimum absolute atomic E-state index is 0.117. The van der Waals surface area contributed by atoms with Crippen LogP contribution in [0.4, 0.5) is 0 Å². The van der Waals surface area contributed by atoms with Gasteiger partial charge in [-0.25, -0.2) is 0 Å². The SMILES string of the molecule is CCOC(=O)C[C@H](C)N(C)C. The number of hydrogen-bond acceptors (Lipinski definition) is 3. The minimum Gasteiger partial charge on any atom is -0.466 e. The van der Waals surface area contributed by atoms with E-state index in [1.165, 1.54) is 0 Å². The van der Waals surface area contributed by atoms with E-state index in [1.807, 2.05) is 32.8 Å². The van der Waals surface area contributed by atoms with Crippen molar-refractivity contribution >= 4 is 5.97 Å². The molecule has 0 amide bonds. The molecule has 0 aromatic rings.